The SMILES string of the molecule is CCCCc1ccc(C(=O)NC(Cc2ccccc2)C(=O)Nc2nnc(-c3cccc(Br)c3)s2)cc1. The Balaban J connectivity index is 1.48. The second kappa shape index (κ2) is 12.6. The zero-order chi connectivity index (χ0) is 25.3. The standard InChI is InChI=1S/C28H27BrN4O2S/c1-2-3-8-19-13-15-21(16-14-19)25(34)30-24(17-20-9-5-4-6-10-20)26(35)31-28-33-32-27(36-28)22-11-7-12-23(29)18-22/h4-7,9-16,18,24H,2-3,8,17H2,1H3,(H,30,34)(H,31,33,35). The highest BCUT2D eigenvalue weighted by Crippen LogP contribution is 2.28. The highest BCUT2D eigenvalue weighted by Gasteiger charge is 2.23. The van der Waals surface area contributed by atoms with Crippen LogP contribution in [0.2, 0.25) is 0 Å². The number of nitrogens with zero attached hydrogens (tertiary/aromatic N) is 2. The maximum Gasteiger partial charge on any atom is 0.251 e. The van der Waals surface area contributed by atoms with Crippen molar-refractivity contribution in [3.63, 3.8) is 0 Å². The molecule has 2 N–H and O–H groups in total. The Labute approximate surface area is 223 Å². The summed E-state index contributed by atoms with van der Waals surface area (Å²) in [7, 11) is 0. The second-order valence-electron chi connectivity index (χ2n) is 8.43. The number of anilines is 1. The lowest BCUT2D eigenvalue weighted by Gasteiger charge is -2.18. The van der Waals surface area contributed by atoms with Gasteiger partial charge in [0, 0.05) is 22.0 Å². The summed E-state index contributed by atoms with van der Waals surface area (Å²) in [6.45, 7) is 2.16. The van der Waals surface area contributed by atoms with E-state index in [0.717, 1.165) is 34.9 Å². The molecule has 1 atom stereocenters. The third-order valence-corrected chi connectivity index (χ3v) is 7.05. The van der Waals surface area contributed by atoms with Gasteiger partial charge >= 0.3 is 0 Å². The molecule has 3 aromatic carbocycles. The number of carbonyl (C=O) groups is 2. The number of hydrogen-bond donors (Lipinski definition) is 2. The van der Waals surface area contributed by atoms with E-state index in [1.807, 2.05) is 78.9 Å². The van der Waals surface area contributed by atoms with Gasteiger partial charge in [-0.1, -0.05) is 95.2 Å². The lowest BCUT2D eigenvalue weighted by molar-refractivity contribution is -0.118. The van der Waals surface area contributed by atoms with Gasteiger partial charge in [0.05, 0.1) is 0 Å². The van der Waals surface area contributed by atoms with Crippen LogP contribution in [0, 0.1) is 0 Å². The van der Waals surface area contributed by atoms with Crippen LogP contribution in [0.3, 0.4) is 0 Å². The van der Waals surface area contributed by atoms with Crippen molar-refractivity contribution >= 4 is 44.2 Å². The quantitative estimate of drug-likeness (QED) is 0.238. The fourth-order valence-electron chi connectivity index (χ4n) is 3.71. The maximum atomic E-state index is 13.3. The lowest BCUT2D eigenvalue weighted by Crippen LogP contribution is -2.45. The van der Waals surface area contributed by atoms with Crippen LogP contribution in [0.25, 0.3) is 10.6 Å². The normalized spacial score (nSPS) is 11.6. The molecule has 2 amide bonds. The van der Waals surface area contributed by atoms with Crippen LogP contribution in [-0.2, 0) is 17.6 Å². The number of amides is 2. The van der Waals surface area contributed by atoms with Crippen molar-refractivity contribution in [3.8, 4) is 10.6 Å². The van der Waals surface area contributed by atoms with Crippen LogP contribution in [0.4, 0.5) is 5.13 Å². The summed E-state index contributed by atoms with van der Waals surface area (Å²) in [6.07, 6.45) is 3.57. The highest BCUT2D eigenvalue weighted by atomic mass is 79.9. The number of unbranched alkanes of at least 4 members (excludes halogenated alkanes) is 1. The third kappa shape index (κ3) is 7.08. The predicted octanol–water partition coefficient (Wildman–Crippen LogP) is 6.29. The molecular formula is C28H27BrN4O2S. The van der Waals surface area contributed by atoms with Crippen LogP contribution in [-0.4, -0.2) is 28.1 Å². The summed E-state index contributed by atoms with van der Waals surface area (Å²) < 4.78 is 0.935. The van der Waals surface area contributed by atoms with Crippen LogP contribution >= 0.6 is 27.3 Å². The molecule has 1 aromatic heterocycles. The zero-order valence-corrected chi connectivity index (χ0v) is 22.3. The van der Waals surface area contributed by atoms with Gasteiger partial charge < -0.3 is 5.32 Å². The van der Waals surface area contributed by atoms with Gasteiger partial charge in [0.15, 0.2) is 0 Å². The van der Waals surface area contributed by atoms with Crippen molar-refractivity contribution in [1.82, 2.24) is 15.5 Å². The van der Waals surface area contributed by atoms with Gasteiger partial charge in [-0.15, -0.1) is 10.2 Å². The van der Waals surface area contributed by atoms with Crippen LogP contribution in [0.15, 0.2) is 83.3 Å². The van der Waals surface area contributed by atoms with E-state index in [4.69, 9.17) is 0 Å². The average Bonchev–Trinajstić information content (AvgIpc) is 3.36. The summed E-state index contributed by atoms with van der Waals surface area (Å²) in [5.74, 6) is -0.635. The topological polar surface area (TPSA) is 84.0 Å². The van der Waals surface area contributed by atoms with E-state index in [0.29, 0.717) is 22.1 Å². The summed E-state index contributed by atoms with van der Waals surface area (Å²) in [6, 6.07) is 24.1. The Hall–Kier alpha value is -3.36. The average molecular weight is 564 g/mol. The summed E-state index contributed by atoms with van der Waals surface area (Å²) >= 11 is 4.74. The summed E-state index contributed by atoms with van der Waals surface area (Å²) in [5, 5.41) is 15.2. The Bertz CT molecular complexity index is 1310. The highest BCUT2D eigenvalue weighted by molar-refractivity contribution is 9.10. The molecule has 8 heteroatoms. The van der Waals surface area contributed by atoms with Crippen molar-refractivity contribution in [2.24, 2.45) is 0 Å². The first-order valence-corrected chi connectivity index (χ1v) is 13.5. The predicted molar refractivity (Wildman–Crippen MR) is 148 cm³/mol. The van der Waals surface area contributed by atoms with Crippen molar-refractivity contribution in [2.45, 2.75) is 38.6 Å². The number of benzene rings is 3. The van der Waals surface area contributed by atoms with Gasteiger partial charge in [-0.25, -0.2) is 0 Å². The van der Waals surface area contributed by atoms with Gasteiger partial charge in [-0.05, 0) is 48.2 Å². The van der Waals surface area contributed by atoms with E-state index >= 15 is 0 Å². The Morgan fingerprint density at radius 2 is 1.72 bits per heavy atom. The van der Waals surface area contributed by atoms with E-state index in [9.17, 15) is 9.59 Å². The van der Waals surface area contributed by atoms with E-state index < -0.39 is 6.04 Å². The Kier molecular flexibility index (Phi) is 8.97. The molecule has 0 spiro atoms. The van der Waals surface area contributed by atoms with E-state index in [-0.39, 0.29) is 11.8 Å². The number of rotatable bonds is 10. The lowest BCUT2D eigenvalue weighted by atomic mass is 10.0. The Morgan fingerprint density at radius 3 is 2.44 bits per heavy atom. The van der Waals surface area contributed by atoms with Gasteiger partial charge in [-0.2, -0.15) is 0 Å². The molecule has 0 saturated heterocycles. The van der Waals surface area contributed by atoms with Crippen molar-refractivity contribution in [2.75, 3.05) is 5.32 Å². The smallest absolute Gasteiger partial charge is 0.251 e. The minimum Gasteiger partial charge on any atom is -0.340 e. The Morgan fingerprint density at radius 1 is 0.944 bits per heavy atom. The molecule has 0 aliphatic carbocycles. The monoisotopic (exact) mass is 562 g/mol. The first kappa shape index (κ1) is 25.7. The zero-order valence-electron chi connectivity index (χ0n) is 19.9. The molecule has 6 nitrogen and oxygen atoms in total. The molecular weight excluding hydrogens is 536 g/mol. The van der Waals surface area contributed by atoms with Crippen molar-refractivity contribution < 1.29 is 9.59 Å². The number of carbonyl (C=O) groups excluding carboxylic acids is 2. The molecule has 0 saturated carbocycles. The number of hydrogen-bond acceptors (Lipinski definition) is 5. The largest absolute Gasteiger partial charge is 0.340 e. The molecule has 0 radical (unpaired) electrons. The van der Waals surface area contributed by atoms with Crippen LogP contribution in [0.5, 0.6) is 0 Å². The molecule has 1 unspecified atom stereocenters. The molecule has 0 aliphatic heterocycles. The molecule has 0 aliphatic rings. The fraction of sp³-hybridized carbons (Fsp3) is 0.214. The molecule has 4 aromatic rings. The molecule has 0 bridgehead atoms. The van der Waals surface area contributed by atoms with Gasteiger partial charge in [0.1, 0.15) is 11.0 Å². The first-order valence-electron chi connectivity index (χ1n) is 11.9. The van der Waals surface area contributed by atoms with Gasteiger partial charge in [-0.3, -0.25) is 14.9 Å². The summed E-state index contributed by atoms with van der Waals surface area (Å²) in [5.41, 5.74) is 3.57. The number of halogens is 1. The second-order valence-corrected chi connectivity index (χ2v) is 10.3. The molecule has 184 valence electrons. The molecule has 0 fully saturated rings. The van der Waals surface area contributed by atoms with Crippen LogP contribution < -0.4 is 10.6 Å². The minimum atomic E-state index is -0.780. The molecule has 36 heavy (non-hydrogen) atoms. The van der Waals surface area contributed by atoms with E-state index in [1.54, 1.807) is 0 Å². The van der Waals surface area contributed by atoms with Gasteiger partial charge in [0.25, 0.3) is 5.91 Å². The van der Waals surface area contributed by atoms with E-state index in [1.165, 1.54) is 16.9 Å². The summed E-state index contributed by atoms with van der Waals surface area (Å²) in [4.78, 5) is 26.3. The fourth-order valence-corrected chi connectivity index (χ4v) is 4.85. The van der Waals surface area contributed by atoms with E-state index in [2.05, 4.69) is 43.7 Å². The maximum absolute atomic E-state index is 13.3. The number of aromatic nitrogens is 2. The first-order chi connectivity index (χ1) is 17.5. The number of aryl methyl sites for hydroxylation is 1. The molecule has 1 heterocycles. The van der Waals surface area contributed by atoms with Crippen molar-refractivity contribution in [3.05, 3.63) is 100 Å². The van der Waals surface area contributed by atoms with Gasteiger partial charge in [0.2, 0.25) is 11.0 Å². The van der Waals surface area contributed by atoms with Crippen molar-refractivity contribution in [1.29, 1.82) is 0 Å². The van der Waals surface area contributed by atoms with Crippen LogP contribution in [0.1, 0.15) is 41.3 Å². The number of nitrogens with one attached hydrogen (secondary N) is 2. The third-order valence-electron chi connectivity index (χ3n) is 5.67. The minimum absolute atomic E-state index is 0.291. The molecule has 4 rings (SSSR count).